The number of fused-ring (bicyclic) bond motifs is 1. The van der Waals surface area contributed by atoms with Gasteiger partial charge < -0.3 is 15.5 Å². The minimum atomic E-state index is -0.271. The number of likely N-dealkylation sites (tertiary alicyclic amines) is 1. The van der Waals surface area contributed by atoms with Gasteiger partial charge in [-0.05, 0) is 44.8 Å². The van der Waals surface area contributed by atoms with Crippen molar-refractivity contribution in [3.05, 3.63) is 58.3 Å². The lowest BCUT2D eigenvalue weighted by molar-refractivity contribution is -0.125. The van der Waals surface area contributed by atoms with Crippen LogP contribution >= 0.6 is 11.6 Å². The van der Waals surface area contributed by atoms with Crippen LogP contribution in [0.2, 0.25) is 5.02 Å². The maximum atomic E-state index is 13.5. The molecule has 162 valence electrons. The van der Waals surface area contributed by atoms with Crippen LogP contribution in [0.3, 0.4) is 0 Å². The molecule has 1 amide bonds. The maximum Gasteiger partial charge on any atom is 0.335 e. The number of imidazole rings is 1. The lowest BCUT2D eigenvalue weighted by Crippen LogP contribution is -2.31. The van der Waals surface area contributed by atoms with Crippen molar-refractivity contribution >= 4 is 34.5 Å². The van der Waals surface area contributed by atoms with E-state index >= 15 is 0 Å². The van der Waals surface area contributed by atoms with E-state index in [-0.39, 0.29) is 23.5 Å². The van der Waals surface area contributed by atoms with E-state index in [4.69, 9.17) is 17.3 Å². The van der Waals surface area contributed by atoms with E-state index in [1.807, 2.05) is 25.1 Å². The first-order chi connectivity index (χ1) is 14.9. The molecule has 0 saturated carbocycles. The Hall–Kier alpha value is -3.17. The predicted octanol–water partition coefficient (Wildman–Crippen LogP) is 1.71. The van der Waals surface area contributed by atoms with Gasteiger partial charge in [0.05, 0.1) is 11.7 Å². The average molecular weight is 442 g/mol. The molecule has 3 aromatic rings. The molecule has 0 bridgehead atoms. The first-order valence-corrected chi connectivity index (χ1v) is 10.3. The van der Waals surface area contributed by atoms with Crippen LogP contribution in [-0.4, -0.2) is 68.5 Å². The quantitative estimate of drug-likeness (QED) is 0.605. The van der Waals surface area contributed by atoms with Crippen molar-refractivity contribution in [2.75, 3.05) is 39.5 Å². The van der Waals surface area contributed by atoms with Gasteiger partial charge in [0.2, 0.25) is 5.91 Å². The molecule has 0 radical (unpaired) electrons. The fourth-order valence-corrected chi connectivity index (χ4v) is 3.97. The zero-order valence-corrected chi connectivity index (χ0v) is 18.2. The van der Waals surface area contributed by atoms with Gasteiger partial charge in [0.25, 0.3) is 0 Å². The lowest BCUT2D eigenvalue weighted by atomic mass is 10.2. The fourth-order valence-electron chi connectivity index (χ4n) is 3.85. The maximum absolute atomic E-state index is 13.5. The Balaban J connectivity index is 1.71. The molecule has 1 atom stereocenters. The summed E-state index contributed by atoms with van der Waals surface area (Å²) in [5.41, 5.74) is 7.39. The number of hydrogen-bond acceptors (Lipinski definition) is 6. The number of aromatic nitrogens is 4. The molecule has 1 saturated heterocycles. The summed E-state index contributed by atoms with van der Waals surface area (Å²) >= 11 is 6.01. The van der Waals surface area contributed by atoms with E-state index in [0.717, 1.165) is 0 Å². The number of carbonyl (C=O) groups is 1. The molecule has 2 N–H and O–H groups in total. The number of likely N-dealkylation sites (N-methyl/N-ethyl adjacent to an activating group) is 1. The number of halogens is 1. The number of rotatable bonds is 5. The van der Waals surface area contributed by atoms with Crippen LogP contribution in [0.5, 0.6) is 0 Å². The van der Waals surface area contributed by atoms with Crippen LogP contribution in [0, 0.1) is 0 Å². The fraction of sp³-hybridized carbons (Fsp3) is 0.333. The van der Waals surface area contributed by atoms with Gasteiger partial charge in [-0.2, -0.15) is 0 Å². The summed E-state index contributed by atoms with van der Waals surface area (Å²) in [6, 6.07) is 6.72. The number of carbonyl (C=O) groups excluding carboxylic acids is 1. The summed E-state index contributed by atoms with van der Waals surface area (Å²) in [5.74, 6) is 0.154. The Labute approximate surface area is 184 Å². The highest BCUT2D eigenvalue weighted by atomic mass is 35.5. The minimum Gasteiger partial charge on any atom is -0.382 e. The van der Waals surface area contributed by atoms with Crippen molar-refractivity contribution in [2.45, 2.75) is 12.5 Å². The Morgan fingerprint density at radius 1 is 1.29 bits per heavy atom. The van der Waals surface area contributed by atoms with Gasteiger partial charge in [-0.1, -0.05) is 17.7 Å². The first-order valence-electron chi connectivity index (χ1n) is 9.96. The van der Waals surface area contributed by atoms with Crippen LogP contribution in [0.25, 0.3) is 16.9 Å². The zero-order chi connectivity index (χ0) is 22.1. The summed E-state index contributed by atoms with van der Waals surface area (Å²) in [4.78, 5) is 38.2. The highest BCUT2D eigenvalue weighted by Gasteiger charge is 2.31. The van der Waals surface area contributed by atoms with Crippen molar-refractivity contribution in [3.8, 4) is 5.69 Å². The largest absolute Gasteiger partial charge is 0.382 e. The lowest BCUT2D eigenvalue weighted by Gasteiger charge is -2.15. The average Bonchev–Trinajstić information content (AvgIpc) is 3.31. The van der Waals surface area contributed by atoms with Gasteiger partial charge in [-0.25, -0.2) is 14.8 Å². The molecular weight excluding hydrogens is 418 g/mol. The van der Waals surface area contributed by atoms with E-state index < -0.39 is 0 Å². The smallest absolute Gasteiger partial charge is 0.335 e. The third kappa shape index (κ3) is 4.06. The molecule has 0 aliphatic carbocycles. The molecule has 3 heterocycles. The molecule has 4 rings (SSSR count). The molecule has 9 nitrogen and oxygen atoms in total. The van der Waals surface area contributed by atoms with Crippen molar-refractivity contribution in [3.63, 3.8) is 0 Å². The molecule has 0 spiro atoms. The van der Waals surface area contributed by atoms with Gasteiger partial charge in [-0.3, -0.25) is 13.9 Å². The van der Waals surface area contributed by atoms with Crippen molar-refractivity contribution in [1.29, 1.82) is 0 Å². The summed E-state index contributed by atoms with van der Waals surface area (Å²) in [7, 11) is 3.88. The molecule has 1 unspecified atom stereocenters. The van der Waals surface area contributed by atoms with Gasteiger partial charge in [0.1, 0.15) is 11.8 Å². The van der Waals surface area contributed by atoms with E-state index in [9.17, 15) is 9.59 Å². The van der Waals surface area contributed by atoms with Gasteiger partial charge in [-0.15, -0.1) is 0 Å². The van der Waals surface area contributed by atoms with E-state index in [1.165, 1.54) is 10.9 Å². The van der Waals surface area contributed by atoms with Crippen LogP contribution in [-0.2, 0) is 4.79 Å². The van der Waals surface area contributed by atoms with Crippen LogP contribution < -0.4 is 11.4 Å². The summed E-state index contributed by atoms with van der Waals surface area (Å²) < 4.78 is 3.13. The second kappa shape index (κ2) is 8.52. The number of nitrogens with two attached hydrogens (primary N) is 1. The highest BCUT2D eigenvalue weighted by molar-refractivity contribution is 6.30. The second-order valence-electron chi connectivity index (χ2n) is 7.79. The number of benzene rings is 1. The molecule has 2 aromatic heterocycles. The first kappa shape index (κ1) is 21.1. The van der Waals surface area contributed by atoms with Crippen molar-refractivity contribution < 1.29 is 4.79 Å². The zero-order valence-electron chi connectivity index (χ0n) is 17.4. The topological polar surface area (TPSA) is 102 Å². The molecule has 1 aromatic carbocycles. The van der Waals surface area contributed by atoms with Gasteiger partial charge >= 0.3 is 5.69 Å². The predicted molar refractivity (Wildman–Crippen MR) is 120 cm³/mol. The number of amides is 1. The molecule has 1 aliphatic heterocycles. The monoisotopic (exact) mass is 441 g/mol. The van der Waals surface area contributed by atoms with Gasteiger partial charge in [0, 0.05) is 30.7 Å². The SMILES string of the molecule is CN(C)C/C=C/C(=O)N1CCC(n2c(=O)n(-c3ccc(Cl)cc3)c3c(N)ncnc32)C1. The second-order valence-corrected chi connectivity index (χ2v) is 8.22. The number of hydrogen-bond donors (Lipinski definition) is 1. The Morgan fingerprint density at radius 3 is 2.74 bits per heavy atom. The van der Waals surface area contributed by atoms with E-state index in [1.54, 1.807) is 39.8 Å². The molecule has 1 aliphatic rings. The summed E-state index contributed by atoms with van der Waals surface area (Å²) in [6.07, 6.45) is 5.42. The van der Waals surface area contributed by atoms with Crippen LogP contribution in [0.1, 0.15) is 12.5 Å². The van der Waals surface area contributed by atoms with Crippen LogP contribution in [0.4, 0.5) is 5.82 Å². The van der Waals surface area contributed by atoms with Crippen molar-refractivity contribution in [2.24, 2.45) is 0 Å². The summed E-state index contributed by atoms with van der Waals surface area (Å²) in [5, 5.41) is 0.567. The Kier molecular flexibility index (Phi) is 5.79. The van der Waals surface area contributed by atoms with Crippen LogP contribution in [0.15, 0.2) is 47.5 Å². The Morgan fingerprint density at radius 2 is 2.03 bits per heavy atom. The third-order valence-electron chi connectivity index (χ3n) is 5.34. The Bertz CT molecular complexity index is 1200. The normalized spacial score (nSPS) is 16.8. The highest BCUT2D eigenvalue weighted by Crippen LogP contribution is 2.27. The number of nitrogen functional groups attached to an aromatic ring is 1. The van der Waals surface area contributed by atoms with Crippen molar-refractivity contribution in [1.82, 2.24) is 28.9 Å². The van der Waals surface area contributed by atoms with Gasteiger partial charge in [0.15, 0.2) is 11.5 Å². The molecule has 10 heteroatoms. The van der Waals surface area contributed by atoms with E-state index in [0.29, 0.717) is 47.9 Å². The molecule has 31 heavy (non-hydrogen) atoms. The third-order valence-corrected chi connectivity index (χ3v) is 5.59. The minimum absolute atomic E-state index is 0.0621. The standard InChI is InChI=1S/C21H24ClN7O2/c1-26(2)10-3-4-17(30)27-11-9-16(12-27)29-20-18(19(23)24-13-25-20)28(21(29)31)15-7-5-14(22)6-8-15/h3-8,13,16H,9-12H2,1-2H3,(H2,23,24,25)/b4-3+. The number of anilines is 1. The molecule has 1 fully saturated rings. The summed E-state index contributed by atoms with van der Waals surface area (Å²) in [6.45, 7) is 1.68. The number of nitrogens with zero attached hydrogens (tertiary/aromatic N) is 6. The molecular formula is C21H24ClN7O2. The van der Waals surface area contributed by atoms with E-state index in [2.05, 4.69) is 9.97 Å².